The second-order valence-corrected chi connectivity index (χ2v) is 6.62. The Labute approximate surface area is 136 Å². The normalized spacial score (nSPS) is 24.6. The van der Waals surface area contributed by atoms with Gasteiger partial charge in [-0.15, -0.1) is 0 Å². The first-order chi connectivity index (χ1) is 11.0. The molecular weight excluding hydrogens is 292 g/mol. The minimum atomic E-state index is -0.205. The lowest BCUT2D eigenvalue weighted by atomic mass is 10.1. The molecule has 2 bridgehead atoms. The van der Waals surface area contributed by atoms with Crippen molar-refractivity contribution in [1.29, 1.82) is 5.26 Å². The van der Waals surface area contributed by atoms with Crippen LogP contribution >= 0.6 is 0 Å². The number of hydrogen-bond donors (Lipinski definition) is 0. The van der Waals surface area contributed by atoms with Gasteiger partial charge in [-0.3, -0.25) is 4.79 Å². The van der Waals surface area contributed by atoms with Crippen molar-refractivity contribution in [3.05, 3.63) is 23.4 Å². The summed E-state index contributed by atoms with van der Waals surface area (Å²) < 4.78 is 5.63. The first kappa shape index (κ1) is 15.8. The fourth-order valence-corrected chi connectivity index (χ4v) is 3.18. The van der Waals surface area contributed by atoms with Gasteiger partial charge in [0.25, 0.3) is 0 Å². The van der Waals surface area contributed by atoms with Gasteiger partial charge in [-0.1, -0.05) is 13.8 Å². The molecule has 2 aliphatic heterocycles. The molecule has 1 amide bonds. The second-order valence-electron chi connectivity index (χ2n) is 6.62. The van der Waals surface area contributed by atoms with Crippen LogP contribution < -0.4 is 4.90 Å². The Hall–Kier alpha value is -2.13. The zero-order chi connectivity index (χ0) is 16.6. The van der Waals surface area contributed by atoms with E-state index >= 15 is 0 Å². The van der Waals surface area contributed by atoms with Crippen molar-refractivity contribution in [3.63, 3.8) is 0 Å². The number of aromatic nitrogens is 1. The van der Waals surface area contributed by atoms with Crippen LogP contribution in [0.4, 0.5) is 5.82 Å². The van der Waals surface area contributed by atoms with Gasteiger partial charge in [0, 0.05) is 25.8 Å². The Bertz CT molecular complexity index is 652. The molecule has 122 valence electrons. The standard InChI is InChI=1S/C17H22N4O2/c1-11(2)15-5-4-12(6-18)16(19-15)21-7-13-9-23-10-14(8-21)20(3)17(13)22/h4-5,11,13-14H,7-10H2,1-3H3/t13-,14+/m1/s1. The van der Waals surface area contributed by atoms with Crippen molar-refractivity contribution in [3.8, 4) is 6.07 Å². The molecule has 1 aromatic heterocycles. The molecule has 2 aliphatic rings. The Morgan fingerprint density at radius 1 is 1.35 bits per heavy atom. The lowest BCUT2D eigenvalue weighted by molar-refractivity contribution is -0.133. The molecule has 0 unspecified atom stereocenters. The van der Waals surface area contributed by atoms with E-state index in [-0.39, 0.29) is 17.9 Å². The summed E-state index contributed by atoms with van der Waals surface area (Å²) in [5, 5.41) is 9.44. The van der Waals surface area contributed by atoms with E-state index in [1.807, 2.05) is 19.2 Å². The van der Waals surface area contributed by atoms with Crippen LogP contribution in [0.2, 0.25) is 0 Å². The van der Waals surface area contributed by atoms with Crippen LogP contribution in [0, 0.1) is 17.2 Å². The highest BCUT2D eigenvalue weighted by Gasteiger charge is 2.38. The quantitative estimate of drug-likeness (QED) is 0.824. The predicted molar refractivity (Wildman–Crippen MR) is 86.1 cm³/mol. The Morgan fingerprint density at radius 3 is 2.83 bits per heavy atom. The SMILES string of the molecule is CC(C)c1ccc(C#N)c(N2C[C@@H]3COC[C@H](C2)N(C)C3=O)n1. The Morgan fingerprint density at radius 2 is 2.13 bits per heavy atom. The third-order valence-electron chi connectivity index (χ3n) is 4.65. The number of anilines is 1. The molecule has 2 atom stereocenters. The average molecular weight is 314 g/mol. The smallest absolute Gasteiger partial charge is 0.229 e. The van der Waals surface area contributed by atoms with Crippen LogP contribution in [-0.4, -0.2) is 55.2 Å². The maximum atomic E-state index is 12.5. The number of likely N-dealkylation sites (N-methyl/N-ethyl adjacent to an activating group) is 1. The van der Waals surface area contributed by atoms with Gasteiger partial charge in [0.2, 0.25) is 5.91 Å². The fraction of sp³-hybridized carbons (Fsp3) is 0.588. The number of hydrogen-bond acceptors (Lipinski definition) is 5. The van der Waals surface area contributed by atoms with E-state index in [9.17, 15) is 10.1 Å². The predicted octanol–water partition coefficient (Wildman–Crippen LogP) is 1.37. The van der Waals surface area contributed by atoms with E-state index in [2.05, 4.69) is 24.8 Å². The van der Waals surface area contributed by atoms with Crippen LogP contribution in [0.15, 0.2) is 12.1 Å². The van der Waals surface area contributed by atoms with Gasteiger partial charge in [-0.05, 0) is 18.1 Å². The number of nitriles is 1. The molecular formula is C17H22N4O2. The number of carbonyl (C=O) groups is 1. The first-order valence-corrected chi connectivity index (χ1v) is 8.01. The Balaban J connectivity index is 2.00. The summed E-state index contributed by atoms with van der Waals surface area (Å²) in [6, 6.07) is 5.97. The zero-order valence-electron chi connectivity index (χ0n) is 13.8. The van der Waals surface area contributed by atoms with Gasteiger partial charge in [-0.25, -0.2) is 4.98 Å². The summed E-state index contributed by atoms with van der Waals surface area (Å²) in [5.41, 5.74) is 1.52. The molecule has 2 saturated heterocycles. The second kappa shape index (κ2) is 6.17. The molecule has 0 aromatic carbocycles. The topological polar surface area (TPSA) is 69.5 Å². The van der Waals surface area contributed by atoms with Crippen molar-refractivity contribution >= 4 is 11.7 Å². The number of fused-ring (bicyclic) bond motifs is 3. The van der Waals surface area contributed by atoms with Gasteiger partial charge in [-0.2, -0.15) is 5.26 Å². The lowest BCUT2D eigenvalue weighted by Crippen LogP contribution is -2.43. The molecule has 6 heteroatoms. The van der Waals surface area contributed by atoms with E-state index in [0.717, 1.165) is 5.69 Å². The molecule has 0 spiro atoms. The number of carbonyl (C=O) groups excluding carboxylic acids is 1. The number of amides is 1. The zero-order valence-corrected chi connectivity index (χ0v) is 13.8. The van der Waals surface area contributed by atoms with Crippen LogP contribution in [0.5, 0.6) is 0 Å². The van der Waals surface area contributed by atoms with Crippen LogP contribution in [-0.2, 0) is 9.53 Å². The molecule has 6 nitrogen and oxygen atoms in total. The molecule has 2 fully saturated rings. The van der Waals surface area contributed by atoms with E-state index in [0.29, 0.717) is 43.6 Å². The summed E-state index contributed by atoms with van der Waals surface area (Å²) in [6.45, 7) is 6.31. The van der Waals surface area contributed by atoms with Crippen molar-refractivity contribution in [2.75, 3.05) is 38.3 Å². The number of pyridine rings is 1. The highest BCUT2D eigenvalue weighted by Crippen LogP contribution is 2.27. The minimum Gasteiger partial charge on any atom is -0.378 e. The third kappa shape index (κ3) is 2.89. The number of ether oxygens (including phenoxy) is 1. The fourth-order valence-electron chi connectivity index (χ4n) is 3.18. The average Bonchev–Trinajstić information content (AvgIpc) is 2.72. The molecule has 0 N–H and O–H groups in total. The summed E-state index contributed by atoms with van der Waals surface area (Å²) in [5.74, 6) is 0.899. The summed E-state index contributed by atoms with van der Waals surface area (Å²) in [4.78, 5) is 21.1. The lowest BCUT2D eigenvalue weighted by Gasteiger charge is -2.31. The highest BCUT2D eigenvalue weighted by molar-refractivity contribution is 5.81. The Kier molecular flexibility index (Phi) is 4.22. The number of rotatable bonds is 2. The number of nitrogens with zero attached hydrogens (tertiary/aromatic N) is 4. The van der Waals surface area contributed by atoms with Gasteiger partial charge >= 0.3 is 0 Å². The van der Waals surface area contributed by atoms with Crippen molar-refractivity contribution in [2.24, 2.45) is 5.92 Å². The highest BCUT2D eigenvalue weighted by atomic mass is 16.5. The van der Waals surface area contributed by atoms with Gasteiger partial charge < -0.3 is 14.5 Å². The van der Waals surface area contributed by atoms with E-state index in [1.54, 1.807) is 4.90 Å². The van der Waals surface area contributed by atoms with Crippen LogP contribution in [0.3, 0.4) is 0 Å². The first-order valence-electron chi connectivity index (χ1n) is 8.01. The molecule has 0 saturated carbocycles. The van der Waals surface area contributed by atoms with Crippen LogP contribution in [0.25, 0.3) is 0 Å². The van der Waals surface area contributed by atoms with Crippen LogP contribution in [0.1, 0.15) is 31.0 Å². The molecule has 3 heterocycles. The van der Waals surface area contributed by atoms with E-state index in [4.69, 9.17) is 9.72 Å². The van der Waals surface area contributed by atoms with Gasteiger partial charge in [0.05, 0.1) is 30.7 Å². The largest absolute Gasteiger partial charge is 0.378 e. The molecule has 23 heavy (non-hydrogen) atoms. The monoisotopic (exact) mass is 314 g/mol. The maximum Gasteiger partial charge on any atom is 0.229 e. The van der Waals surface area contributed by atoms with Crippen molar-refractivity contribution in [2.45, 2.75) is 25.8 Å². The van der Waals surface area contributed by atoms with Gasteiger partial charge in [0.1, 0.15) is 11.9 Å². The third-order valence-corrected chi connectivity index (χ3v) is 4.65. The van der Waals surface area contributed by atoms with Gasteiger partial charge in [0.15, 0.2) is 0 Å². The molecule has 0 aliphatic carbocycles. The molecule has 1 aromatic rings. The summed E-state index contributed by atoms with van der Waals surface area (Å²) in [7, 11) is 1.83. The minimum absolute atomic E-state index is 0.00829. The molecule has 3 rings (SSSR count). The van der Waals surface area contributed by atoms with Crippen molar-refractivity contribution < 1.29 is 9.53 Å². The molecule has 0 radical (unpaired) electrons. The van der Waals surface area contributed by atoms with Crippen molar-refractivity contribution in [1.82, 2.24) is 9.88 Å². The maximum absolute atomic E-state index is 12.5. The summed E-state index contributed by atoms with van der Waals surface area (Å²) >= 11 is 0. The van der Waals surface area contributed by atoms with E-state index in [1.165, 1.54) is 0 Å². The summed E-state index contributed by atoms with van der Waals surface area (Å²) in [6.07, 6.45) is 0. The van der Waals surface area contributed by atoms with E-state index < -0.39 is 0 Å².